The van der Waals surface area contributed by atoms with E-state index in [1.807, 2.05) is 0 Å². The van der Waals surface area contributed by atoms with Crippen molar-refractivity contribution in [2.75, 3.05) is 11.5 Å². The van der Waals surface area contributed by atoms with E-state index < -0.39 is 52.4 Å². The number of ether oxygens (including phenoxy) is 2. The summed E-state index contributed by atoms with van der Waals surface area (Å²) >= 11 is 0. The van der Waals surface area contributed by atoms with Gasteiger partial charge in [0.1, 0.15) is 0 Å². The van der Waals surface area contributed by atoms with Crippen molar-refractivity contribution in [3.05, 3.63) is 39.4 Å². The monoisotopic (exact) mass is 354 g/mol. The van der Waals surface area contributed by atoms with Gasteiger partial charge in [0.25, 0.3) is 0 Å². The maximum Gasteiger partial charge on any atom is 0.427 e. The average Bonchev–Trinajstić information content (AvgIpc) is 2.80. The number of rotatable bonds is 5. The van der Waals surface area contributed by atoms with Gasteiger partial charge in [0.2, 0.25) is 5.75 Å². The quantitative estimate of drug-likeness (QED) is 0.481. The van der Waals surface area contributed by atoms with Gasteiger partial charge in [-0.05, 0) is 19.4 Å². The van der Waals surface area contributed by atoms with Crippen LogP contribution in [0.5, 0.6) is 5.75 Å². The Bertz CT molecular complexity index is 828. The van der Waals surface area contributed by atoms with Gasteiger partial charge in [-0.3, -0.25) is 14.9 Å². The van der Waals surface area contributed by atoms with Gasteiger partial charge in [-0.1, -0.05) is 0 Å². The Morgan fingerprint density at radius 2 is 2.04 bits per heavy atom. The van der Waals surface area contributed by atoms with E-state index in [9.17, 15) is 28.9 Å². The summed E-state index contributed by atoms with van der Waals surface area (Å²) in [6, 6.07) is 1.12. The molecule has 2 rings (SSSR count). The Labute approximate surface area is 139 Å². The van der Waals surface area contributed by atoms with E-state index in [2.05, 4.69) is 4.74 Å². The zero-order valence-corrected chi connectivity index (χ0v) is 12.9. The molecule has 25 heavy (non-hydrogen) atoms. The first kappa shape index (κ1) is 17.8. The number of aliphatic carboxylic acids is 1. The molecule has 1 aliphatic rings. The minimum atomic E-state index is -1.43. The summed E-state index contributed by atoms with van der Waals surface area (Å²) in [5.74, 6) is -4.57. The second-order valence-electron chi connectivity index (χ2n) is 5.05. The first-order valence-corrected chi connectivity index (χ1v) is 6.69. The maximum absolute atomic E-state index is 14.3. The second kappa shape index (κ2) is 6.55. The van der Waals surface area contributed by atoms with Crippen LogP contribution in [0.3, 0.4) is 0 Å². The summed E-state index contributed by atoms with van der Waals surface area (Å²) in [6.07, 6.45) is -1.21. The number of nitro benzene ring substituents is 1. The molecule has 0 saturated carbocycles. The Morgan fingerprint density at radius 1 is 1.40 bits per heavy atom. The minimum absolute atomic E-state index is 0.307. The number of carbonyl (C=O) groups is 3. The van der Waals surface area contributed by atoms with Gasteiger partial charge in [0.15, 0.2) is 18.2 Å². The van der Waals surface area contributed by atoms with Crippen LogP contribution in [-0.4, -0.2) is 34.6 Å². The Hall–Kier alpha value is -3.50. The smallest absolute Gasteiger partial charge is 0.427 e. The predicted molar refractivity (Wildman–Crippen MR) is 78.5 cm³/mol. The average molecular weight is 354 g/mol. The highest BCUT2D eigenvalue weighted by Gasteiger charge is 2.41. The fourth-order valence-corrected chi connectivity index (χ4v) is 1.99. The number of anilines is 1. The number of cyclic esters (lactones) is 1. The number of benzene rings is 1. The van der Waals surface area contributed by atoms with Crippen LogP contribution in [0.25, 0.3) is 0 Å². The van der Waals surface area contributed by atoms with Crippen molar-refractivity contribution < 1.29 is 38.3 Å². The van der Waals surface area contributed by atoms with Crippen molar-refractivity contribution in [2.45, 2.75) is 13.8 Å². The zero-order valence-electron chi connectivity index (χ0n) is 12.9. The molecule has 0 bridgehead atoms. The largest absolute Gasteiger partial charge is 0.479 e. The molecule has 10 nitrogen and oxygen atoms in total. The van der Waals surface area contributed by atoms with E-state index in [0.29, 0.717) is 22.6 Å². The van der Waals surface area contributed by atoms with Crippen LogP contribution in [0.4, 0.5) is 20.6 Å². The third-order valence-corrected chi connectivity index (χ3v) is 3.04. The third-order valence-electron chi connectivity index (χ3n) is 3.04. The number of carbonyl (C=O) groups excluding carboxylic acids is 2. The van der Waals surface area contributed by atoms with Crippen molar-refractivity contribution in [1.29, 1.82) is 0 Å². The van der Waals surface area contributed by atoms with Crippen LogP contribution in [0.15, 0.2) is 23.5 Å². The summed E-state index contributed by atoms with van der Waals surface area (Å²) in [7, 11) is 0. The molecular formula is C14H11FN2O8. The number of nitrogens with zero attached hydrogens (tertiary/aromatic N) is 2. The number of imide groups is 1. The molecule has 1 aliphatic heterocycles. The number of carboxylic acids is 1. The number of nitro groups is 1. The highest BCUT2D eigenvalue weighted by Crippen LogP contribution is 2.37. The molecule has 132 valence electrons. The number of allylic oxidation sites excluding steroid dienone is 1. The number of carboxylic acid groups (broad SMARTS) is 1. The van der Waals surface area contributed by atoms with Gasteiger partial charge < -0.3 is 14.6 Å². The molecular weight excluding hydrogens is 343 g/mol. The molecule has 1 saturated heterocycles. The topological polar surface area (TPSA) is 136 Å². The third kappa shape index (κ3) is 3.39. The van der Waals surface area contributed by atoms with Crippen molar-refractivity contribution in [3.63, 3.8) is 0 Å². The summed E-state index contributed by atoms with van der Waals surface area (Å²) in [6.45, 7) is 2.05. The first-order valence-electron chi connectivity index (χ1n) is 6.69. The van der Waals surface area contributed by atoms with Crippen LogP contribution in [0.1, 0.15) is 13.8 Å². The Kier molecular flexibility index (Phi) is 4.68. The number of hydrogen-bond donors (Lipinski definition) is 1. The lowest BCUT2D eigenvalue weighted by Crippen LogP contribution is -2.29. The molecule has 11 heteroatoms. The van der Waals surface area contributed by atoms with Crippen LogP contribution in [-0.2, 0) is 14.3 Å². The molecule has 2 amide bonds. The summed E-state index contributed by atoms with van der Waals surface area (Å²) in [5, 5.41) is 19.7. The molecule has 1 aromatic carbocycles. The molecule has 0 atom stereocenters. The van der Waals surface area contributed by atoms with Gasteiger partial charge in [-0.2, -0.15) is 0 Å². The van der Waals surface area contributed by atoms with E-state index in [1.54, 1.807) is 0 Å². The van der Waals surface area contributed by atoms with Crippen LogP contribution >= 0.6 is 0 Å². The fraction of sp³-hybridized carbons (Fsp3) is 0.214. The van der Waals surface area contributed by atoms with Gasteiger partial charge in [0, 0.05) is 12.1 Å². The SMILES string of the molecule is CC(C)=C1OC(=O)N(c2cc([N+](=O)[O-])c(OCC(=O)O)cc2F)C1=O. The van der Waals surface area contributed by atoms with Gasteiger partial charge in [0.05, 0.1) is 10.6 Å². The zero-order chi connectivity index (χ0) is 18.9. The number of halogens is 1. The van der Waals surface area contributed by atoms with Crippen molar-refractivity contribution >= 4 is 29.3 Å². The van der Waals surface area contributed by atoms with Crippen molar-refractivity contribution in [1.82, 2.24) is 0 Å². The Morgan fingerprint density at radius 3 is 2.52 bits per heavy atom. The molecule has 1 aromatic rings. The highest BCUT2D eigenvalue weighted by atomic mass is 19.1. The molecule has 0 unspecified atom stereocenters. The van der Waals surface area contributed by atoms with E-state index in [1.165, 1.54) is 13.8 Å². The second-order valence-corrected chi connectivity index (χ2v) is 5.05. The van der Waals surface area contributed by atoms with Crippen molar-refractivity contribution in [3.8, 4) is 5.75 Å². The highest BCUT2D eigenvalue weighted by molar-refractivity contribution is 6.23. The van der Waals surface area contributed by atoms with E-state index >= 15 is 0 Å². The number of hydrogen-bond acceptors (Lipinski definition) is 7. The standard InChI is InChI=1S/C14H11FN2O8/c1-6(2)12-13(20)16(14(21)25-12)8-4-9(17(22)23)10(3-7(8)15)24-5-11(18)19/h3-4H,5H2,1-2H3,(H,18,19). The first-order chi connectivity index (χ1) is 11.6. The Balaban J connectivity index is 2.53. The summed E-state index contributed by atoms with van der Waals surface area (Å²) < 4.78 is 23.7. The lowest BCUT2D eigenvalue weighted by molar-refractivity contribution is -0.385. The molecule has 1 fully saturated rings. The molecule has 0 aliphatic carbocycles. The lowest BCUT2D eigenvalue weighted by Gasteiger charge is -2.13. The van der Waals surface area contributed by atoms with E-state index in [0.717, 1.165) is 0 Å². The van der Waals surface area contributed by atoms with Crippen LogP contribution < -0.4 is 9.64 Å². The molecule has 0 spiro atoms. The maximum atomic E-state index is 14.3. The summed E-state index contributed by atoms with van der Waals surface area (Å²) in [5.41, 5.74) is -1.17. The molecule has 1 heterocycles. The normalized spacial score (nSPS) is 13.7. The van der Waals surface area contributed by atoms with Crippen molar-refractivity contribution in [2.24, 2.45) is 0 Å². The molecule has 0 aromatic heterocycles. The van der Waals surface area contributed by atoms with E-state index in [-0.39, 0.29) is 5.76 Å². The minimum Gasteiger partial charge on any atom is -0.479 e. The van der Waals surface area contributed by atoms with Gasteiger partial charge >= 0.3 is 23.7 Å². The van der Waals surface area contributed by atoms with Gasteiger partial charge in [-0.15, -0.1) is 0 Å². The molecule has 0 radical (unpaired) electrons. The molecule has 1 N–H and O–H groups in total. The predicted octanol–water partition coefficient (Wildman–Crippen LogP) is 1.97. The van der Waals surface area contributed by atoms with Crippen LogP contribution in [0, 0.1) is 15.9 Å². The summed E-state index contributed by atoms with van der Waals surface area (Å²) in [4.78, 5) is 45.0. The van der Waals surface area contributed by atoms with E-state index in [4.69, 9.17) is 9.84 Å². The lowest BCUT2D eigenvalue weighted by atomic mass is 10.2. The fourth-order valence-electron chi connectivity index (χ4n) is 1.99. The van der Waals surface area contributed by atoms with Gasteiger partial charge in [-0.25, -0.2) is 18.9 Å². The number of amides is 2. The van der Waals surface area contributed by atoms with Crippen LogP contribution in [0.2, 0.25) is 0 Å².